The largest absolute Gasteiger partial charge is 0.490 e. The molecule has 8 heteroatoms. The topological polar surface area (TPSA) is 68.5 Å². The van der Waals surface area contributed by atoms with Crippen LogP contribution in [0.3, 0.4) is 0 Å². The van der Waals surface area contributed by atoms with Gasteiger partial charge in [0.15, 0.2) is 18.1 Å². The van der Waals surface area contributed by atoms with Crippen molar-refractivity contribution in [1.29, 1.82) is 5.26 Å². The Bertz CT molecular complexity index is 833. The second-order valence-corrected chi connectivity index (χ2v) is 5.89. The molecule has 0 aliphatic rings. The summed E-state index contributed by atoms with van der Waals surface area (Å²) < 4.78 is 15.9. The Morgan fingerprint density at radius 1 is 1.00 bits per heavy atom. The lowest BCUT2D eigenvalue weighted by atomic mass is 10.2. The fourth-order valence-corrected chi connectivity index (χ4v) is 2.43. The number of hydrogen-bond donors (Lipinski definition) is 0. The van der Waals surface area contributed by atoms with Gasteiger partial charge in [-0.2, -0.15) is 5.26 Å². The van der Waals surface area contributed by atoms with Crippen molar-refractivity contribution in [3.8, 4) is 23.3 Å². The summed E-state index contributed by atoms with van der Waals surface area (Å²) in [4.78, 5) is 12.0. The van der Waals surface area contributed by atoms with E-state index in [-0.39, 0.29) is 26.6 Å². The van der Waals surface area contributed by atoms with E-state index in [4.69, 9.17) is 54.3 Å². The SMILES string of the molecule is CCOc1cc(C#N)ccc1OC(=O)COc1cc(Cl)c(Cl)cc1Cl. The van der Waals surface area contributed by atoms with Crippen LogP contribution in [0.25, 0.3) is 0 Å². The van der Waals surface area contributed by atoms with Crippen LogP contribution >= 0.6 is 34.8 Å². The first-order valence-electron chi connectivity index (χ1n) is 7.09. The average Bonchev–Trinajstić information content (AvgIpc) is 2.58. The van der Waals surface area contributed by atoms with Gasteiger partial charge < -0.3 is 14.2 Å². The molecule has 0 atom stereocenters. The summed E-state index contributed by atoms with van der Waals surface area (Å²) in [6.07, 6.45) is 0. The fourth-order valence-electron chi connectivity index (χ4n) is 1.83. The van der Waals surface area contributed by atoms with Gasteiger partial charge in [0.2, 0.25) is 0 Å². The molecule has 0 unspecified atom stereocenters. The van der Waals surface area contributed by atoms with Crippen molar-refractivity contribution in [2.45, 2.75) is 6.92 Å². The molecule has 0 fully saturated rings. The van der Waals surface area contributed by atoms with Crippen LogP contribution in [0, 0.1) is 11.3 Å². The molecule has 0 aliphatic carbocycles. The van der Waals surface area contributed by atoms with Crippen LogP contribution in [0.5, 0.6) is 17.2 Å². The quantitative estimate of drug-likeness (QED) is 0.392. The Morgan fingerprint density at radius 2 is 1.72 bits per heavy atom. The summed E-state index contributed by atoms with van der Waals surface area (Å²) in [6, 6.07) is 9.30. The molecule has 0 saturated heterocycles. The monoisotopic (exact) mass is 399 g/mol. The van der Waals surface area contributed by atoms with Crippen LogP contribution in [-0.4, -0.2) is 19.2 Å². The van der Waals surface area contributed by atoms with Crippen molar-refractivity contribution in [2.75, 3.05) is 13.2 Å². The number of carbonyl (C=O) groups excluding carboxylic acids is 1. The molecule has 0 N–H and O–H groups in total. The molecule has 0 saturated carbocycles. The van der Waals surface area contributed by atoms with Gasteiger partial charge in [-0.25, -0.2) is 4.79 Å². The Hall–Kier alpha value is -2.13. The van der Waals surface area contributed by atoms with Gasteiger partial charge in [-0.3, -0.25) is 0 Å². The first kappa shape index (κ1) is 19.2. The third kappa shape index (κ3) is 5.17. The van der Waals surface area contributed by atoms with E-state index in [1.165, 1.54) is 30.3 Å². The van der Waals surface area contributed by atoms with Crippen molar-refractivity contribution in [3.63, 3.8) is 0 Å². The molecule has 0 amide bonds. The summed E-state index contributed by atoms with van der Waals surface area (Å²) in [5.74, 6) is 0.0165. The van der Waals surface area contributed by atoms with E-state index in [1.807, 2.05) is 6.07 Å². The van der Waals surface area contributed by atoms with Crippen molar-refractivity contribution < 1.29 is 19.0 Å². The highest BCUT2D eigenvalue weighted by Crippen LogP contribution is 2.34. The third-order valence-electron chi connectivity index (χ3n) is 2.92. The van der Waals surface area contributed by atoms with Gasteiger partial charge in [-0.15, -0.1) is 0 Å². The first-order valence-corrected chi connectivity index (χ1v) is 8.23. The maximum Gasteiger partial charge on any atom is 0.349 e. The first-order chi connectivity index (χ1) is 11.9. The van der Waals surface area contributed by atoms with Crippen molar-refractivity contribution in [2.24, 2.45) is 0 Å². The predicted molar refractivity (Wildman–Crippen MR) is 94.9 cm³/mol. The van der Waals surface area contributed by atoms with Crippen molar-refractivity contribution in [3.05, 3.63) is 51.0 Å². The minimum atomic E-state index is -0.673. The van der Waals surface area contributed by atoms with E-state index in [9.17, 15) is 4.79 Å². The smallest absolute Gasteiger partial charge is 0.349 e. The number of ether oxygens (including phenoxy) is 3. The van der Waals surface area contributed by atoms with Crippen LogP contribution < -0.4 is 14.2 Å². The predicted octanol–water partition coefficient (Wildman–Crippen LogP) is 4.90. The summed E-state index contributed by atoms with van der Waals surface area (Å²) >= 11 is 17.7. The van der Waals surface area contributed by atoms with Crippen LogP contribution in [0.4, 0.5) is 0 Å². The summed E-state index contributed by atoms with van der Waals surface area (Å²) in [5, 5.41) is 9.66. The highest BCUT2D eigenvalue weighted by Gasteiger charge is 2.14. The number of rotatable bonds is 6. The number of benzene rings is 2. The molecular weight excluding hydrogens is 389 g/mol. The van der Waals surface area contributed by atoms with E-state index in [0.717, 1.165) is 0 Å². The lowest BCUT2D eigenvalue weighted by molar-refractivity contribution is -0.136. The zero-order valence-electron chi connectivity index (χ0n) is 13.0. The molecule has 2 aromatic rings. The van der Waals surface area contributed by atoms with E-state index < -0.39 is 12.6 Å². The normalized spacial score (nSPS) is 10.0. The molecule has 0 aliphatic heterocycles. The molecule has 130 valence electrons. The second kappa shape index (κ2) is 8.82. The summed E-state index contributed by atoms with van der Waals surface area (Å²) in [6.45, 7) is 1.73. The molecule has 0 bridgehead atoms. The number of hydrogen-bond acceptors (Lipinski definition) is 5. The molecule has 5 nitrogen and oxygen atoms in total. The average molecular weight is 401 g/mol. The molecule has 25 heavy (non-hydrogen) atoms. The number of nitriles is 1. The lowest BCUT2D eigenvalue weighted by Crippen LogP contribution is -2.18. The number of halogens is 3. The highest BCUT2D eigenvalue weighted by molar-refractivity contribution is 6.43. The van der Waals surface area contributed by atoms with Crippen LogP contribution in [0.15, 0.2) is 30.3 Å². The maximum atomic E-state index is 12.0. The van der Waals surface area contributed by atoms with Crippen LogP contribution in [-0.2, 0) is 4.79 Å². The lowest BCUT2D eigenvalue weighted by Gasteiger charge is -2.12. The molecule has 0 aromatic heterocycles. The van der Waals surface area contributed by atoms with Gasteiger partial charge in [-0.1, -0.05) is 34.8 Å². The standard InChI is InChI=1S/C17H12Cl3NO4/c1-2-23-16-5-10(8-21)3-4-14(16)25-17(22)9-24-15-7-12(19)11(18)6-13(15)20/h3-7H,2,9H2,1H3. The minimum Gasteiger partial charge on any atom is -0.490 e. The number of carbonyl (C=O) groups is 1. The van der Waals surface area contributed by atoms with Gasteiger partial charge in [-0.05, 0) is 25.1 Å². The molecule has 0 spiro atoms. The zero-order chi connectivity index (χ0) is 18.4. The van der Waals surface area contributed by atoms with Crippen LogP contribution in [0.1, 0.15) is 12.5 Å². The number of esters is 1. The van der Waals surface area contributed by atoms with Crippen molar-refractivity contribution >= 4 is 40.8 Å². The van der Waals surface area contributed by atoms with Gasteiger partial charge >= 0.3 is 5.97 Å². The van der Waals surface area contributed by atoms with E-state index in [0.29, 0.717) is 17.9 Å². The Kier molecular flexibility index (Phi) is 6.77. The highest BCUT2D eigenvalue weighted by atomic mass is 35.5. The fraction of sp³-hybridized carbons (Fsp3) is 0.176. The third-order valence-corrected chi connectivity index (χ3v) is 3.93. The Morgan fingerprint density at radius 3 is 2.40 bits per heavy atom. The maximum absolute atomic E-state index is 12.0. The zero-order valence-corrected chi connectivity index (χ0v) is 15.3. The molecule has 2 rings (SSSR count). The van der Waals surface area contributed by atoms with Gasteiger partial charge in [0.1, 0.15) is 5.75 Å². The van der Waals surface area contributed by atoms with E-state index >= 15 is 0 Å². The van der Waals surface area contributed by atoms with Crippen molar-refractivity contribution in [1.82, 2.24) is 0 Å². The molecule has 0 heterocycles. The molecule has 2 aromatic carbocycles. The molecule has 0 radical (unpaired) electrons. The summed E-state index contributed by atoms with van der Waals surface area (Å²) in [7, 11) is 0. The minimum absolute atomic E-state index is 0.190. The Balaban J connectivity index is 2.06. The number of nitrogens with zero attached hydrogens (tertiary/aromatic N) is 1. The van der Waals surface area contributed by atoms with Gasteiger partial charge in [0, 0.05) is 12.1 Å². The Labute approximate surface area is 159 Å². The van der Waals surface area contributed by atoms with E-state index in [1.54, 1.807) is 6.92 Å². The van der Waals surface area contributed by atoms with Gasteiger partial charge in [0.25, 0.3) is 0 Å². The molecular formula is C17H12Cl3NO4. The van der Waals surface area contributed by atoms with Crippen LogP contribution in [0.2, 0.25) is 15.1 Å². The second-order valence-electron chi connectivity index (χ2n) is 4.67. The van der Waals surface area contributed by atoms with Gasteiger partial charge in [0.05, 0.1) is 33.3 Å². The van der Waals surface area contributed by atoms with E-state index in [2.05, 4.69) is 0 Å². The summed E-state index contributed by atoms with van der Waals surface area (Å²) in [5.41, 5.74) is 0.391.